The van der Waals surface area contributed by atoms with Gasteiger partial charge in [0.2, 0.25) is 0 Å². The third-order valence-electron chi connectivity index (χ3n) is 3.79. The average molecular weight is 272 g/mol. The van der Waals surface area contributed by atoms with Crippen molar-refractivity contribution in [1.29, 1.82) is 0 Å². The third kappa shape index (κ3) is 3.22. The molecule has 1 saturated carbocycles. The first-order valence-electron chi connectivity index (χ1n) is 6.56. The molecule has 1 N–H and O–H groups in total. The van der Waals surface area contributed by atoms with E-state index in [1.807, 2.05) is 24.3 Å². The van der Waals surface area contributed by atoms with Crippen molar-refractivity contribution in [3.63, 3.8) is 0 Å². The molecule has 0 saturated heterocycles. The van der Waals surface area contributed by atoms with Crippen LogP contribution in [0.15, 0.2) is 34.5 Å². The molecular weight excluding hydrogens is 256 g/mol. The number of nitrogens with zero attached hydrogens (tertiary/aromatic N) is 6. The summed E-state index contributed by atoms with van der Waals surface area (Å²) in [6.45, 7) is 0.00603. The Balaban J connectivity index is 2.25. The second-order valence-electron chi connectivity index (χ2n) is 4.95. The van der Waals surface area contributed by atoms with E-state index in [0.717, 1.165) is 24.0 Å². The lowest BCUT2D eigenvalue weighted by Gasteiger charge is -2.32. The predicted octanol–water partition coefficient (Wildman–Crippen LogP) is 3.80. The van der Waals surface area contributed by atoms with Crippen LogP contribution in [0.25, 0.3) is 20.9 Å². The first kappa shape index (κ1) is 14.2. The minimum atomic E-state index is -0.106. The summed E-state index contributed by atoms with van der Waals surface area (Å²) in [5.74, 6) is 0.0582. The van der Waals surface area contributed by atoms with Gasteiger partial charge in [0, 0.05) is 21.9 Å². The van der Waals surface area contributed by atoms with Crippen LogP contribution in [0.5, 0.6) is 0 Å². The van der Waals surface area contributed by atoms with Crippen molar-refractivity contribution in [2.45, 2.75) is 43.9 Å². The highest BCUT2D eigenvalue weighted by Crippen LogP contribution is 2.36. The summed E-state index contributed by atoms with van der Waals surface area (Å²) in [6, 6.07) is 7.44. The van der Waals surface area contributed by atoms with E-state index in [1.54, 1.807) is 0 Å². The number of aliphatic hydroxyl groups is 1. The van der Waals surface area contributed by atoms with Gasteiger partial charge in [-0.25, -0.2) is 0 Å². The van der Waals surface area contributed by atoms with Crippen molar-refractivity contribution in [2.24, 2.45) is 10.2 Å². The monoisotopic (exact) mass is 272 g/mol. The number of rotatable bonds is 4. The topological polar surface area (TPSA) is 118 Å². The normalized spacial score (nSPS) is 25.4. The standard InChI is InChI=1S/C13H16N6O/c14-18-16-11-5-6-13(17-19-15)12(7-11)10-3-1-9(8-20)2-4-10/h1-4,11-13,20H,5-8H2. The molecule has 1 aromatic rings. The molecule has 0 amide bonds. The van der Waals surface area contributed by atoms with Gasteiger partial charge in [0.15, 0.2) is 0 Å². The van der Waals surface area contributed by atoms with Crippen LogP contribution in [-0.2, 0) is 6.61 Å². The van der Waals surface area contributed by atoms with E-state index in [-0.39, 0.29) is 24.6 Å². The molecule has 104 valence electrons. The zero-order chi connectivity index (χ0) is 14.4. The number of benzene rings is 1. The van der Waals surface area contributed by atoms with Crippen molar-refractivity contribution in [3.8, 4) is 0 Å². The van der Waals surface area contributed by atoms with Crippen LogP contribution in [0.2, 0.25) is 0 Å². The van der Waals surface area contributed by atoms with Crippen molar-refractivity contribution in [3.05, 3.63) is 56.3 Å². The Morgan fingerprint density at radius 3 is 2.40 bits per heavy atom. The van der Waals surface area contributed by atoms with E-state index < -0.39 is 0 Å². The summed E-state index contributed by atoms with van der Waals surface area (Å²) in [6.07, 6.45) is 2.16. The van der Waals surface area contributed by atoms with Crippen molar-refractivity contribution < 1.29 is 5.11 Å². The highest BCUT2D eigenvalue weighted by Gasteiger charge is 2.30. The van der Waals surface area contributed by atoms with Gasteiger partial charge in [0.25, 0.3) is 0 Å². The molecule has 0 aliphatic heterocycles. The smallest absolute Gasteiger partial charge is 0.0681 e. The minimum Gasteiger partial charge on any atom is -0.392 e. The molecule has 0 bridgehead atoms. The molecule has 3 atom stereocenters. The van der Waals surface area contributed by atoms with E-state index in [4.69, 9.17) is 16.2 Å². The number of hydrogen-bond donors (Lipinski definition) is 1. The van der Waals surface area contributed by atoms with Crippen molar-refractivity contribution in [2.75, 3.05) is 0 Å². The molecule has 1 fully saturated rings. The Hall–Kier alpha value is -2.20. The molecule has 0 spiro atoms. The molecule has 0 radical (unpaired) electrons. The van der Waals surface area contributed by atoms with Crippen LogP contribution in [0.3, 0.4) is 0 Å². The first-order valence-corrected chi connectivity index (χ1v) is 6.56. The molecule has 20 heavy (non-hydrogen) atoms. The molecule has 7 nitrogen and oxygen atoms in total. The second-order valence-corrected chi connectivity index (χ2v) is 4.95. The van der Waals surface area contributed by atoms with Crippen LogP contribution < -0.4 is 0 Å². The summed E-state index contributed by atoms with van der Waals surface area (Å²) in [5.41, 5.74) is 19.1. The Kier molecular flexibility index (Phi) is 4.85. The molecule has 1 aromatic carbocycles. The van der Waals surface area contributed by atoms with Crippen LogP contribution in [0.4, 0.5) is 0 Å². The summed E-state index contributed by atoms with van der Waals surface area (Å²) >= 11 is 0. The molecule has 3 unspecified atom stereocenters. The average Bonchev–Trinajstić information content (AvgIpc) is 2.49. The van der Waals surface area contributed by atoms with Crippen LogP contribution in [0, 0.1) is 0 Å². The quantitative estimate of drug-likeness (QED) is 0.500. The summed E-state index contributed by atoms with van der Waals surface area (Å²) < 4.78 is 0. The molecular formula is C13H16N6O. The van der Waals surface area contributed by atoms with E-state index in [2.05, 4.69) is 20.1 Å². The van der Waals surface area contributed by atoms with E-state index in [0.29, 0.717) is 6.42 Å². The summed E-state index contributed by atoms with van der Waals surface area (Å²) in [7, 11) is 0. The van der Waals surface area contributed by atoms with Gasteiger partial charge in [-0.15, -0.1) is 0 Å². The van der Waals surface area contributed by atoms with Crippen LogP contribution >= 0.6 is 0 Å². The highest BCUT2D eigenvalue weighted by molar-refractivity contribution is 5.27. The van der Waals surface area contributed by atoms with Crippen LogP contribution in [-0.4, -0.2) is 17.2 Å². The number of aliphatic hydroxyl groups excluding tert-OH is 1. The van der Waals surface area contributed by atoms with E-state index in [1.165, 1.54) is 0 Å². The Labute approximate surface area is 116 Å². The van der Waals surface area contributed by atoms with Gasteiger partial charge in [-0.05, 0) is 47.4 Å². The Bertz CT molecular complexity index is 544. The summed E-state index contributed by atoms with van der Waals surface area (Å²) in [5, 5.41) is 16.7. The fourth-order valence-electron chi connectivity index (χ4n) is 2.74. The minimum absolute atomic E-state index is 0.00603. The molecule has 0 aromatic heterocycles. The van der Waals surface area contributed by atoms with Gasteiger partial charge < -0.3 is 5.11 Å². The molecule has 1 aliphatic rings. The Morgan fingerprint density at radius 2 is 1.80 bits per heavy atom. The number of hydrogen-bond acceptors (Lipinski definition) is 3. The summed E-state index contributed by atoms with van der Waals surface area (Å²) in [4.78, 5) is 5.80. The third-order valence-corrected chi connectivity index (χ3v) is 3.79. The molecule has 1 aliphatic carbocycles. The van der Waals surface area contributed by atoms with Crippen molar-refractivity contribution >= 4 is 0 Å². The van der Waals surface area contributed by atoms with Crippen LogP contribution in [0.1, 0.15) is 36.3 Å². The maximum atomic E-state index is 9.07. The lowest BCUT2D eigenvalue weighted by Crippen LogP contribution is -2.27. The van der Waals surface area contributed by atoms with E-state index in [9.17, 15) is 0 Å². The van der Waals surface area contributed by atoms with Gasteiger partial charge >= 0.3 is 0 Å². The zero-order valence-corrected chi connectivity index (χ0v) is 11.0. The fourth-order valence-corrected chi connectivity index (χ4v) is 2.74. The largest absolute Gasteiger partial charge is 0.392 e. The predicted molar refractivity (Wildman–Crippen MR) is 74.8 cm³/mol. The lowest BCUT2D eigenvalue weighted by atomic mass is 9.78. The SMILES string of the molecule is [N-]=[N+]=NC1CCC(N=[N+]=[N-])C(c2ccc(CO)cc2)C1. The van der Waals surface area contributed by atoms with Gasteiger partial charge in [0.05, 0.1) is 6.61 Å². The second kappa shape index (κ2) is 6.82. The molecule has 0 heterocycles. The van der Waals surface area contributed by atoms with Crippen molar-refractivity contribution in [1.82, 2.24) is 0 Å². The van der Waals surface area contributed by atoms with Gasteiger partial charge in [-0.1, -0.05) is 34.5 Å². The van der Waals surface area contributed by atoms with Gasteiger partial charge in [-0.3, -0.25) is 0 Å². The number of azide groups is 2. The van der Waals surface area contributed by atoms with Gasteiger partial charge in [-0.2, -0.15) is 0 Å². The maximum Gasteiger partial charge on any atom is 0.0681 e. The molecule has 2 rings (SSSR count). The van der Waals surface area contributed by atoms with E-state index >= 15 is 0 Å². The zero-order valence-electron chi connectivity index (χ0n) is 11.0. The molecule has 7 heteroatoms. The fraction of sp³-hybridized carbons (Fsp3) is 0.538. The Morgan fingerprint density at radius 1 is 1.10 bits per heavy atom. The lowest BCUT2D eigenvalue weighted by molar-refractivity contribution is 0.281. The van der Waals surface area contributed by atoms with Gasteiger partial charge in [0.1, 0.15) is 0 Å². The maximum absolute atomic E-state index is 9.07. The first-order chi connectivity index (χ1) is 9.78. The highest BCUT2D eigenvalue weighted by atomic mass is 16.3.